The summed E-state index contributed by atoms with van der Waals surface area (Å²) in [5.74, 6) is -2.19. The molecule has 3 rings (SSSR count). The summed E-state index contributed by atoms with van der Waals surface area (Å²) in [4.78, 5) is 24.1. The second kappa shape index (κ2) is 6.83. The van der Waals surface area contributed by atoms with Crippen molar-refractivity contribution in [3.8, 4) is 0 Å². The van der Waals surface area contributed by atoms with Gasteiger partial charge < -0.3 is 9.05 Å². The summed E-state index contributed by atoms with van der Waals surface area (Å²) < 4.78 is 22.9. The van der Waals surface area contributed by atoms with Crippen molar-refractivity contribution in [2.24, 2.45) is 0 Å². The number of carbonyl (C=O) groups is 2. The Hall–Kier alpha value is -3.04. The highest BCUT2D eigenvalue weighted by Gasteiger charge is 2.37. The summed E-state index contributed by atoms with van der Waals surface area (Å²) in [6, 6.07) is 5.40. The third kappa shape index (κ3) is 3.73. The minimum Gasteiger partial charge on any atom is -0.375 e. The predicted molar refractivity (Wildman–Crippen MR) is 82.3 cm³/mol. The first-order valence-electron chi connectivity index (χ1n) is 6.53. The molecule has 0 spiro atoms. The maximum atomic E-state index is 13.1. The summed E-state index contributed by atoms with van der Waals surface area (Å²) in [6.07, 6.45) is 2.13. The summed E-state index contributed by atoms with van der Waals surface area (Å²) in [6.45, 7) is 0. The Kier molecular flexibility index (Phi) is 4.59. The van der Waals surface area contributed by atoms with Crippen LogP contribution in [-0.2, 0) is 13.6 Å². The molecule has 11 nitrogen and oxygen atoms in total. The van der Waals surface area contributed by atoms with Gasteiger partial charge >= 0.3 is 19.5 Å². The van der Waals surface area contributed by atoms with E-state index in [1.807, 2.05) is 0 Å². The Morgan fingerprint density at radius 1 is 0.920 bits per heavy atom. The lowest BCUT2D eigenvalue weighted by Crippen LogP contribution is -2.18. The van der Waals surface area contributed by atoms with Gasteiger partial charge in [0.15, 0.2) is 11.4 Å². The van der Waals surface area contributed by atoms with Crippen molar-refractivity contribution in [3.63, 3.8) is 0 Å². The van der Waals surface area contributed by atoms with Crippen LogP contribution in [0.3, 0.4) is 0 Å². The number of carbonyl (C=O) groups excluding carboxylic acids is 2. The summed E-state index contributed by atoms with van der Waals surface area (Å²) in [5, 5.41) is 18.6. The zero-order chi connectivity index (χ0) is 17.9. The smallest absolute Gasteiger partial charge is 0.375 e. The van der Waals surface area contributed by atoms with Crippen molar-refractivity contribution in [3.05, 3.63) is 53.1 Å². The molecule has 2 heterocycles. The maximum Gasteiger partial charge on any atom is 0.467 e. The number of nitrogens with one attached hydrogen (secondary N) is 2. The van der Waals surface area contributed by atoms with Crippen LogP contribution in [0.2, 0.25) is 5.02 Å². The zero-order valence-electron chi connectivity index (χ0n) is 12.1. The van der Waals surface area contributed by atoms with Gasteiger partial charge in [0.1, 0.15) is 0 Å². The van der Waals surface area contributed by atoms with Crippen LogP contribution >= 0.6 is 19.2 Å². The molecule has 0 amide bonds. The second-order valence-electron chi connectivity index (χ2n) is 4.44. The highest BCUT2D eigenvalue weighted by molar-refractivity contribution is 7.63. The SMILES string of the molecule is O=C(OP(=O)(OC(=O)c1cn[nH]n1)c1ccc(Cl)cc1)c1cn[nH]n1. The van der Waals surface area contributed by atoms with E-state index in [4.69, 9.17) is 20.6 Å². The van der Waals surface area contributed by atoms with E-state index < -0.39 is 19.5 Å². The van der Waals surface area contributed by atoms with E-state index in [9.17, 15) is 14.2 Å². The summed E-state index contributed by atoms with van der Waals surface area (Å²) >= 11 is 5.79. The first kappa shape index (κ1) is 16.8. The van der Waals surface area contributed by atoms with Gasteiger partial charge in [-0.05, 0) is 24.3 Å². The number of aromatic amines is 2. The number of hydrogen-bond acceptors (Lipinski definition) is 9. The topological polar surface area (TPSA) is 153 Å². The number of hydrogen-bond donors (Lipinski definition) is 2. The number of H-pyrrole nitrogens is 2. The molecule has 1 aromatic carbocycles. The molecule has 2 aromatic heterocycles. The van der Waals surface area contributed by atoms with Crippen LogP contribution in [0, 0.1) is 0 Å². The molecule has 0 aliphatic carbocycles. The molecule has 0 fully saturated rings. The van der Waals surface area contributed by atoms with E-state index in [0.29, 0.717) is 5.02 Å². The van der Waals surface area contributed by atoms with Gasteiger partial charge in [0.2, 0.25) is 0 Å². The molecule has 128 valence electrons. The minimum atomic E-state index is -4.41. The lowest BCUT2D eigenvalue weighted by molar-refractivity contribution is 0.0632. The molecule has 3 aromatic rings. The molecule has 0 radical (unpaired) electrons. The quantitative estimate of drug-likeness (QED) is 0.617. The molecular weight excluding hydrogens is 375 g/mol. The number of rotatable bonds is 5. The van der Waals surface area contributed by atoms with Crippen LogP contribution in [0.25, 0.3) is 0 Å². The minimum absolute atomic E-state index is 0.0643. The lowest BCUT2D eigenvalue weighted by atomic mass is 10.4. The largest absolute Gasteiger partial charge is 0.467 e. The van der Waals surface area contributed by atoms with Crippen LogP contribution in [-0.4, -0.2) is 42.8 Å². The van der Waals surface area contributed by atoms with Gasteiger partial charge in [0, 0.05) is 5.02 Å². The Balaban J connectivity index is 1.92. The van der Waals surface area contributed by atoms with E-state index >= 15 is 0 Å². The summed E-state index contributed by atoms with van der Waals surface area (Å²) in [7, 11) is -4.41. The van der Waals surface area contributed by atoms with Crippen LogP contribution in [0.4, 0.5) is 0 Å². The van der Waals surface area contributed by atoms with Gasteiger partial charge in [-0.1, -0.05) is 11.6 Å². The van der Waals surface area contributed by atoms with Crippen molar-refractivity contribution in [1.82, 2.24) is 30.8 Å². The fraction of sp³-hybridized carbons (Fsp3) is 0. The van der Waals surface area contributed by atoms with E-state index in [1.165, 1.54) is 24.3 Å². The molecular formula is C12H8ClN6O5P. The molecule has 2 N–H and O–H groups in total. The number of halogens is 1. The highest BCUT2D eigenvalue weighted by Crippen LogP contribution is 2.48. The molecule has 0 unspecified atom stereocenters. The van der Waals surface area contributed by atoms with E-state index in [0.717, 1.165) is 12.4 Å². The molecule has 0 bridgehead atoms. The van der Waals surface area contributed by atoms with Crippen molar-refractivity contribution >= 4 is 36.4 Å². The lowest BCUT2D eigenvalue weighted by Gasteiger charge is -2.16. The van der Waals surface area contributed by atoms with Crippen LogP contribution in [0.1, 0.15) is 21.0 Å². The fourth-order valence-corrected chi connectivity index (χ4v) is 3.17. The number of aromatic nitrogens is 6. The van der Waals surface area contributed by atoms with Gasteiger partial charge in [0.05, 0.1) is 17.7 Å². The predicted octanol–water partition coefficient (Wildman–Crippen LogP) is 1.11. The number of nitrogens with zero attached hydrogens (tertiary/aromatic N) is 4. The molecule has 0 aliphatic heterocycles. The Morgan fingerprint density at radius 3 is 1.80 bits per heavy atom. The van der Waals surface area contributed by atoms with Crippen LogP contribution in [0.15, 0.2) is 36.7 Å². The zero-order valence-corrected chi connectivity index (χ0v) is 13.8. The Labute approximate surface area is 144 Å². The van der Waals surface area contributed by atoms with Crippen molar-refractivity contribution in [2.45, 2.75) is 0 Å². The average molecular weight is 383 g/mol. The average Bonchev–Trinajstić information content (AvgIpc) is 3.29. The molecule has 13 heteroatoms. The first-order valence-corrected chi connectivity index (χ1v) is 8.45. The molecule has 0 saturated heterocycles. The normalized spacial score (nSPS) is 11.1. The third-order valence-electron chi connectivity index (χ3n) is 2.80. The van der Waals surface area contributed by atoms with Gasteiger partial charge in [-0.2, -0.15) is 20.6 Å². The standard InChI is InChI=1S/C12H8ClN6O5P/c13-7-1-3-8(4-2-7)25(22,23-11(20)9-5-14-18-16-9)24-12(21)10-6-15-19-17-10/h1-6H,(H,14,16,18)(H,15,17,19). The number of benzene rings is 1. The Morgan fingerprint density at radius 2 is 1.40 bits per heavy atom. The third-order valence-corrected chi connectivity index (χ3v) is 4.79. The Bertz CT molecular complexity index is 875. The summed E-state index contributed by atoms with van der Waals surface area (Å²) in [5.41, 5.74) is -0.488. The highest BCUT2D eigenvalue weighted by atomic mass is 35.5. The monoisotopic (exact) mass is 382 g/mol. The molecule has 25 heavy (non-hydrogen) atoms. The van der Waals surface area contributed by atoms with Gasteiger partial charge in [-0.3, -0.25) is 0 Å². The second-order valence-corrected chi connectivity index (χ2v) is 6.75. The van der Waals surface area contributed by atoms with Gasteiger partial charge in [0.25, 0.3) is 0 Å². The van der Waals surface area contributed by atoms with Crippen molar-refractivity contribution in [1.29, 1.82) is 0 Å². The molecule has 0 aliphatic rings. The van der Waals surface area contributed by atoms with Crippen LogP contribution < -0.4 is 5.30 Å². The molecule has 0 saturated carbocycles. The van der Waals surface area contributed by atoms with Crippen molar-refractivity contribution < 1.29 is 23.2 Å². The van der Waals surface area contributed by atoms with E-state index in [2.05, 4.69) is 30.8 Å². The first-order chi connectivity index (χ1) is 12.0. The van der Waals surface area contributed by atoms with E-state index in [-0.39, 0.29) is 16.7 Å². The van der Waals surface area contributed by atoms with Crippen molar-refractivity contribution in [2.75, 3.05) is 0 Å². The maximum absolute atomic E-state index is 13.1. The fourth-order valence-electron chi connectivity index (χ4n) is 1.66. The molecule has 0 atom stereocenters. The van der Waals surface area contributed by atoms with Gasteiger partial charge in [-0.25, -0.2) is 14.2 Å². The van der Waals surface area contributed by atoms with E-state index in [1.54, 1.807) is 0 Å². The van der Waals surface area contributed by atoms with Gasteiger partial charge in [-0.15, -0.1) is 10.2 Å². The van der Waals surface area contributed by atoms with Crippen LogP contribution in [0.5, 0.6) is 0 Å².